The average Bonchev–Trinajstić information content (AvgIpc) is 3.11. The van der Waals surface area contributed by atoms with Crippen molar-refractivity contribution in [2.75, 3.05) is 5.75 Å². The minimum absolute atomic E-state index is 0.619. The van der Waals surface area contributed by atoms with Gasteiger partial charge in [-0.2, -0.15) is 11.8 Å². The van der Waals surface area contributed by atoms with E-state index in [1.165, 1.54) is 44.3 Å². The van der Waals surface area contributed by atoms with E-state index in [4.69, 9.17) is 0 Å². The lowest BCUT2D eigenvalue weighted by atomic mass is 9.94. The Kier molecular flexibility index (Phi) is 4.88. The SMILES string of the molecule is CC1SCCCC1NC(c1cccs1)C1CCCC1. The summed E-state index contributed by atoms with van der Waals surface area (Å²) in [6, 6.07) is 5.88. The van der Waals surface area contributed by atoms with Gasteiger partial charge in [-0.1, -0.05) is 25.8 Å². The molecule has 1 saturated carbocycles. The van der Waals surface area contributed by atoms with Crippen LogP contribution in [0.15, 0.2) is 17.5 Å². The van der Waals surface area contributed by atoms with Crippen molar-refractivity contribution < 1.29 is 0 Å². The molecule has 1 aromatic heterocycles. The molecule has 1 aromatic rings. The van der Waals surface area contributed by atoms with Crippen molar-refractivity contribution in [2.45, 2.75) is 62.8 Å². The van der Waals surface area contributed by atoms with Crippen molar-refractivity contribution in [3.63, 3.8) is 0 Å². The summed E-state index contributed by atoms with van der Waals surface area (Å²) in [4.78, 5) is 1.56. The van der Waals surface area contributed by atoms with Crippen LogP contribution in [0.4, 0.5) is 0 Å². The molecular formula is C16H25NS2. The summed E-state index contributed by atoms with van der Waals surface area (Å²) in [6.45, 7) is 2.40. The first-order chi connectivity index (χ1) is 9.34. The summed E-state index contributed by atoms with van der Waals surface area (Å²) in [5, 5.41) is 7.05. The summed E-state index contributed by atoms with van der Waals surface area (Å²) in [6.07, 6.45) is 8.46. The lowest BCUT2D eigenvalue weighted by Gasteiger charge is -2.35. The van der Waals surface area contributed by atoms with Gasteiger partial charge in [0.1, 0.15) is 0 Å². The van der Waals surface area contributed by atoms with E-state index in [2.05, 4.69) is 41.5 Å². The van der Waals surface area contributed by atoms with E-state index in [1.807, 2.05) is 11.3 Å². The van der Waals surface area contributed by atoms with Gasteiger partial charge < -0.3 is 5.32 Å². The first-order valence-electron chi connectivity index (χ1n) is 7.75. The van der Waals surface area contributed by atoms with Crippen molar-refractivity contribution in [3.05, 3.63) is 22.4 Å². The predicted octanol–water partition coefficient (Wildman–Crippen LogP) is 4.85. The second kappa shape index (κ2) is 6.64. The molecule has 0 spiro atoms. The normalized spacial score (nSPS) is 30.6. The van der Waals surface area contributed by atoms with Gasteiger partial charge in [-0.15, -0.1) is 11.3 Å². The Morgan fingerprint density at radius 3 is 2.74 bits per heavy atom. The molecule has 0 aromatic carbocycles. The van der Waals surface area contributed by atoms with E-state index in [9.17, 15) is 0 Å². The first-order valence-corrected chi connectivity index (χ1v) is 9.68. The largest absolute Gasteiger partial charge is 0.305 e. The van der Waals surface area contributed by atoms with Gasteiger partial charge in [0.25, 0.3) is 0 Å². The minimum Gasteiger partial charge on any atom is -0.305 e. The number of rotatable bonds is 4. The number of hydrogen-bond donors (Lipinski definition) is 1. The summed E-state index contributed by atoms with van der Waals surface area (Å²) in [5.74, 6) is 2.23. The zero-order valence-corrected chi connectivity index (χ0v) is 13.4. The molecule has 3 atom stereocenters. The highest BCUT2D eigenvalue weighted by atomic mass is 32.2. The van der Waals surface area contributed by atoms with E-state index in [0.29, 0.717) is 12.1 Å². The quantitative estimate of drug-likeness (QED) is 0.852. The van der Waals surface area contributed by atoms with Crippen LogP contribution in [-0.2, 0) is 0 Å². The second-order valence-corrected chi connectivity index (χ2v) is 8.49. The highest BCUT2D eigenvalue weighted by molar-refractivity contribution is 7.99. The molecule has 1 N–H and O–H groups in total. The molecule has 3 unspecified atom stereocenters. The van der Waals surface area contributed by atoms with Crippen LogP contribution in [0.5, 0.6) is 0 Å². The lowest BCUT2D eigenvalue weighted by Crippen LogP contribution is -2.43. The van der Waals surface area contributed by atoms with Crippen LogP contribution >= 0.6 is 23.1 Å². The third-order valence-corrected chi connectivity index (χ3v) is 7.06. The third kappa shape index (κ3) is 3.37. The molecule has 2 heterocycles. The number of hydrogen-bond acceptors (Lipinski definition) is 3. The molecule has 0 amide bonds. The van der Waals surface area contributed by atoms with Gasteiger partial charge in [0, 0.05) is 22.2 Å². The predicted molar refractivity (Wildman–Crippen MR) is 87.1 cm³/mol. The first kappa shape index (κ1) is 14.0. The lowest BCUT2D eigenvalue weighted by molar-refractivity contribution is 0.317. The van der Waals surface area contributed by atoms with Crippen molar-refractivity contribution in [1.29, 1.82) is 0 Å². The van der Waals surface area contributed by atoms with Gasteiger partial charge >= 0.3 is 0 Å². The van der Waals surface area contributed by atoms with Crippen molar-refractivity contribution in [3.8, 4) is 0 Å². The van der Waals surface area contributed by atoms with E-state index < -0.39 is 0 Å². The fraction of sp³-hybridized carbons (Fsp3) is 0.750. The van der Waals surface area contributed by atoms with Crippen LogP contribution in [-0.4, -0.2) is 17.0 Å². The number of nitrogens with one attached hydrogen (secondary N) is 1. The van der Waals surface area contributed by atoms with Gasteiger partial charge in [0.2, 0.25) is 0 Å². The topological polar surface area (TPSA) is 12.0 Å². The Balaban J connectivity index is 1.71. The van der Waals surface area contributed by atoms with Crippen LogP contribution in [0.2, 0.25) is 0 Å². The van der Waals surface area contributed by atoms with Crippen molar-refractivity contribution in [1.82, 2.24) is 5.32 Å². The molecule has 19 heavy (non-hydrogen) atoms. The molecule has 3 heteroatoms. The van der Waals surface area contributed by atoms with Crippen LogP contribution in [0, 0.1) is 5.92 Å². The summed E-state index contributed by atoms with van der Waals surface area (Å²) in [7, 11) is 0. The Morgan fingerprint density at radius 2 is 2.05 bits per heavy atom. The van der Waals surface area contributed by atoms with Gasteiger partial charge in [-0.3, -0.25) is 0 Å². The van der Waals surface area contributed by atoms with Gasteiger partial charge in [-0.25, -0.2) is 0 Å². The van der Waals surface area contributed by atoms with Crippen LogP contribution in [0.25, 0.3) is 0 Å². The molecule has 2 aliphatic rings. The summed E-state index contributed by atoms with van der Waals surface area (Å²) >= 11 is 4.09. The monoisotopic (exact) mass is 295 g/mol. The van der Waals surface area contributed by atoms with Crippen LogP contribution in [0.1, 0.15) is 56.4 Å². The summed E-state index contributed by atoms with van der Waals surface area (Å²) in [5.41, 5.74) is 0. The van der Waals surface area contributed by atoms with Gasteiger partial charge in [0.05, 0.1) is 0 Å². The molecule has 106 valence electrons. The number of thiophene rings is 1. The van der Waals surface area contributed by atoms with Gasteiger partial charge in [-0.05, 0) is 48.8 Å². The third-order valence-electron chi connectivity index (χ3n) is 4.72. The maximum Gasteiger partial charge on any atom is 0.0445 e. The molecule has 1 nitrogen and oxygen atoms in total. The standard InChI is InChI=1S/C16H25NS2/c1-12-14(8-4-10-18-12)17-16(13-6-2-3-7-13)15-9-5-11-19-15/h5,9,11-14,16-17H,2-4,6-8,10H2,1H3. The molecule has 3 rings (SSSR count). The maximum absolute atomic E-state index is 4.04. The molecule has 0 radical (unpaired) electrons. The molecule has 1 aliphatic heterocycles. The highest BCUT2D eigenvalue weighted by Crippen LogP contribution is 2.39. The Morgan fingerprint density at radius 1 is 1.21 bits per heavy atom. The Bertz CT molecular complexity index is 370. The molecule has 0 bridgehead atoms. The van der Waals surface area contributed by atoms with Crippen LogP contribution < -0.4 is 5.32 Å². The molecular weight excluding hydrogens is 270 g/mol. The fourth-order valence-electron chi connectivity index (χ4n) is 3.58. The van der Waals surface area contributed by atoms with Gasteiger partial charge in [0.15, 0.2) is 0 Å². The Labute approximate surface area is 125 Å². The zero-order valence-electron chi connectivity index (χ0n) is 11.8. The number of thioether (sulfide) groups is 1. The molecule has 1 saturated heterocycles. The summed E-state index contributed by atoms with van der Waals surface area (Å²) < 4.78 is 0. The Hall–Kier alpha value is 0.01000. The second-order valence-electron chi connectivity index (χ2n) is 6.03. The smallest absolute Gasteiger partial charge is 0.0445 e. The zero-order chi connectivity index (χ0) is 13.1. The van der Waals surface area contributed by atoms with Crippen molar-refractivity contribution in [2.24, 2.45) is 5.92 Å². The maximum atomic E-state index is 4.04. The fourth-order valence-corrected chi connectivity index (χ4v) is 5.61. The van der Waals surface area contributed by atoms with E-state index in [-0.39, 0.29) is 0 Å². The highest BCUT2D eigenvalue weighted by Gasteiger charge is 2.31. The average molecular weight is 296 g/mol. The van der Waals surface area contributed by atoms with Crippen molar-refractivity contribution >= 4 is 23.1 Å². The minimum atomic E-state index is 0.619. The van der Waals surface area contributed by atoms with E-state index in [0.717, 1.165) is 11.2 Å². The molecule has 2 fully saturated rings. The van der Waals surface area contributed by atoms with Crippen LogP contribution in [0.3, 0.4) is 0 Å². The van der Waals surface area contributed by atoms with E-state index in [1.54, 1.807) is 4.88 Å². The van der Waals surface area contributed by atoms with E-state index >= 15 is 0 Å². The molecule has 1 aliphatic carbocycles.